The minimum absolute atomic E-state index is 0.150. The topological polar surface area (TPSA) is 47.9 Å². The maximum Gasteiger partial charge on any atom is 0.227 e. The van der Waals surface area contributed by atoms with E-state index >= 15 is 0 Å². The Morgan fingerprint density at radius 3 is 2.63 bits per heavy atom. The van der Waals surface area contributed by atoms with E-state index in [4.69, 9.17) is 11.6 Å². The molecular weight excluding hydrogens is 380 g/mol. The summed E-state index contributed by atoms with van der Waals surface area (Å²) in [5, 5.41) is 8.38. The lowest BCUT2D eigenvalue weighted by molar-refractivity contribution is -0.131. The number of halogens is 1. The van der Waals surface area contributed by atoms with Crippen molar-refractivity contribution in [3.63, 3.8) is 0 Å². The SMILES string of the molecule is CN=C(NCCc1ccsc1)N1CCN(C(=O)Cc2cccc(Cl)c2)CC1. The lowest BCUT2D eigenvalue weighted by atomic mass is 10.1. The number of rotatable bonds is 5. The van der Waals surface area contributed by atoms with Crippen molar-refractivity contribution in [1.29, 1.82) is 0 Å². The molecule has 1 aliphatic rings. The van der Waals surface area contributed by atoms with Gasteiger partial charge in [-0.2, -0.15) is 11.3 Å². The third-order valence-corrected chi connectivity index (χ3v) is 5.63. The quantitative estimate of drug-likeness (QED) is 0.615. The molecule has 2 aromatic rings. The fourth-order valence-corrected chi connectivity index (χ4v) is 4.10. The van der Waals surface area contributed by atoms with Crippen molar-refractivity contribution < 1.29 is 4.79 Å². The van der Waals surface area contributed by atoms with E-state index in [0.717, 1.165) is 37.6 Å². The lowest BCUT2D eigenvalue weighted by Crippen LogP contribution is -2.54. The number of carbonyl (C=O) groups excluding carboxylic acids is 1. The van der Waals surface area contributed by atoms with Crippen molar-refractivity contribution in [2.24, 2.45) is 4.99 Å². The molecule has 0 saturated carbocycles. The number of carbonyl (C=O) groups is 1. The summed E-state index contributed by atoms with van der Waals surface area (Å²) < 4.78 is 0. The second-order valence-electron chi connectivity index (χ2n) is 6.53. The van der Waals surface area contributed by atoms with Crippen LogP contribution < -0.4 is 5.32 Å². The van der Waals surface area contributed by atoms with Gasteiger partial charge in [-0.1, -0.05) is 23.7 Å². The average Bonchev–Trinajstić information content (AvgIpc) is 3.19. The number of amides is 1. The van der Waals surface area contributed by atoms with Gasteiger partial charge in [0, 0.05) is 44.8 Å². The third kappa shape index (κ3) is 5.71. The lowest BCUT2D eigenvalue weighted by Gasteiger charge is -2.36. The smallest absolute Gasteiger partial charge is 0.227 e. The predicted octanol–water partition coefficient (Wildman–Crippen LogP) is 2.91. The molecule has 1 saturated heterocycles. The van der Waals surface area contributed by atoms with E-state index in [9.17, 15) is 4.79 Å². The molecule has 27 heavy (non-hydrogen) atoms. The number of benzene rings is 1. The molecule has 1 N–H and O–H groups in total. The molecule has 7 heteroatoms. The van der Waals surface area contributed by atoms with E-state index in [1.807, 2.05) is 36.2 Å². The van der Waals surface area contributed by atoms with E-state index in [1.165, 1.54) is 5.56 Å². The molecular formula is C20H25ClN4OS. The Balaban J connectivity index is 1.44. The maximum atomic E-state index is 12.5. The molecule has 1 aliphatic heterocycles. The second kappa shape index (κ2) is 9.76. The van der Waals surface area contributed by atoms with Crippen LogP contribution in [0.3, 0.4) is 0 Å². The van der Waals surface area contributed by atoms with Crippen molar-refractivity contribution in [3.8, 4) is 0 Å². The van der Waals surface area contributed by atoms with Gasteiger partial charge in [-0.15, -0.1) is 0 Å². The molecule has 1 aromatic carbocycles. The van der Waals surface area contributed by atoms with Crippen LogP contribution in [0.25, 0.3) is 0 Å². The van der Waals surface area contributed by atoms with Crippen LogP contribution in [0.15, 0.2) is 46.1 Å². The summed E-state index contributed by atoms with van der Waals surface area (Å²) in [5.41, 5.74) is 2.31. The minimum atomic E-state index is 0.150. The first kappa shape index (κ1) is 19.7. The van der Waals surface area contributed by atoms with Gasteiger partial charge in [0.05, 0.1) is 6.42 Å². The Kier molecular flexibility index (Phi) is 7.12. The molecule has 144 valence electrons. The normalized spacial score (nSPS) is 15.1. The zero-order chi connectivity index (χ0) is 19.1. The van der Waals surface area contributed by atoms with Crippen molar-refractivity contribution in [2.45, 2.75) is 12.8 Å². The zero-order valence-corrected chi connectivity index (χ0v) is 17.1. The number of hydrogen-bond acceptors (Lipinski definition) is 3. The van der Waals surface area contributed by atoms with Crippen LogP contribution in [0, 0.1) is 0 Å². The first-order valence-corrected chi connectivity index (χ1v) is 10.5. The molecule has 0 atom stereocenters. The van der Waals surface area contributed by atoms with Crippen LogP contribution in [-0.2, 0) is 17.6 Å². The highest BCUT2D eigenvalue weighted by Crippen LogP contribution is 2.13. The molecule has 1 amide bonds. The number of nitrogens with zero attached hydrogens (tertiary/aromatic N) is 3. The van der Waals surface area contributed by atoms with E-state index in [1.54, 1.807) is 11.3 Å². The predicted molar refractivity (Wildman–Crippen MR) is 113 cm³/mol. The summed E-state index contributed by atoms with van der Waals surface area (Å²) in [5.74, 6) is 1.06. The van der Waals surface area contributed by atoms with Crippen LogP contribution in [0.4, 0.5) is 0 Å². The van der Waals surface area contributed by atoms with E-state index in [-0.39, 0.29) is 5.91 Å². The first-order chi connectivity index (χ1) is 13.2. The molecule has 0 unspecified atom stereocenters. The highest BCUT2D eigenvalue weighted by atomic mass is 35.5. The van der Waals surface area contributed by atoms with Gasteiger partial charge in [0.15, 0.2) is 5.96 Å². The first-order valence-electron chi connectivity index (χ1n) is 9.14. The molecule has 3 rings (SSSR count). The summed E-state index contributed by atoms with van der Waals surface area (Å²) in [6, 6.07) is 9.66. The monoisotopic (exact) mass is 404 g/mol. The van der Waals surface area contributed by atoms with Gasteiger partial charge in [0.25, 0.3) is 0 Å². The Hall–Kier alpha value is -2.05. The van der Waals surface area contributed by atoms with Crippen molar-refractivity contribution in [3.05, 3.63) is 57.2 Å². The average molecular weight is 405 g/mol. The third-order valence-electron chi connectivity index (χ3n) is 4.66. The largest absolute Gasteiger partial charge is 0.356 e. The number of piperazine rings is 1. The fraction of sp³-hybridized carbons (Fsp3) is 0.400. The molecule has 1 aromatic heterocycles. The number of aliphatic imine (C=N–C) groups is 1. The fourth-order valence-electron chi connectivity index (χ4n) is 3.19. The molecule has 1 fully saturated rings. The van der Waals surface area contributed by atoms with Crippen LogP contribution in [-0.4, -0.2) is 61.4 Å². The Morgan fingerprint density at radius 1 is 1.19 bits per heavy atom. The van der Waals surface area contributed by atoms with Gasteiger partial charge in [0.1, 0.15) is 0 Å². The van der Waals surface area contributed by atoms with E-state index < -0.39 is 0 Å². The maximum absolute atomic E-state index is 12.5. The summed E-state index contributed by atoms with van der Waals surface area (Å²) in [4.78, 5) is 21.1. The van der Waals surface area contributed by atoms with Gasteiger partial charge < -0.3 is 15.1 Å². The standard InChI is InChI=1S/C20H25ClN4OS/c1-22-20(23-7-5-16-6-12-27-15-16)25-10-8-24(9-11-25)19(26)14-17-3-2-4-18(21)13-17/h2-4,6,12-13,15H,5,7-11,14H2,1H3,(H,22,23). The molecule has 0 spiro atoms. The van der Waals surface area contributed by atoms with Crippen LogP contribution in [0.5, 0.6) is 0 Å². The van der Waals surface area contributed by atoms with Gasteiger partial charge in [0.2, 0.25) is 5.91 Å². The van der Waals surface area contributed by atoms with Crippen LogP contribution in [0.2, 0.25) is 5.02 Å². The highest BCUT2D eigenvalue weighted by molar-refractivity contribution is 7.07. The molecule has 0 bridgehead atoms. The number of nitrogens with one attached hydrogen (secondary N) is 1. The molecule has 5 nitrogen and oxygen atoms in total. The summed E-state index contributed by atoms with van der Waals surface area (Å²) in [6.07, 6.45) is 1.38. The molecule has 0 aliphatic carbocycles. The van der Waals surface area contributed by atoms with Gasteiger partial charge >= 0.3 is 0 Å². The summed E-state index contributed by atoms with van der Waals surface area (Å²) in [7, 11) is 1.81. The van der Waals surface area contributed by atoms with Gasteiger partial charge in [-0.3, -0.25) is 9.79 Å². The molecule has 0 radical (unpaired) electrons. The van der Waals surface area contributed by atoms with Gasteiger partial charge in [-0.25, -0.2) is 0 Å². The van der Waals surface area contributed by atoms with Gasteiger partial charge in [-0.05, 0) is 46.5 Å². The highest BCUT2D eigenvalue weighted by Gasteiger charge is 2.23. The van der Waals surface area contributed by atoms with Crippen molar-refractivity contribution in [2.75, 3.05) is 39.8 Å². The second-order valence-corrected chi connectivity index (χ2v) is 7.75. The summed E-state index contributed by atoms with van der Waals surface area (Å²) >= 11 is 7.73. The Bertz CT molecular complexity index is 770. The van der Waals surface area contributed by atoms with Crippen molar-refractivity contribution in [1.82, 2.24) is 15.1 Å². The number of guanidine groups is 1. The zero-order valence-electron chi connectivity index (χ0n) is 15.5. The summed E-state index contributed by atoms with van der Waals surface area (Å²) in [6.45, 7) is 3.87. The number of thiophene rings is 1. The van der Waals surface area contributed by atoms with E-state index in [2.05, 4.69) is 32.0 Å². The number of hydrogen-bond donors (Lipinski definition) is 1. The van der Waals surface area contributed by atoms with E-state index in [0.29, 0.717) is 24.5 Å². The Morgan fingerprint density at radius 2 is 1.96 bits per heavy atom. The Labute approximate surface area is 169 Å². The van der Waals surface area contributed by atoms with Crippen LogP contribution >= 0.6 is 22.9 Å². The van der Waals surface area contributed by atoms with Crippen LogP contribution in [0.1, 0.15) is 11.1 Å². The molecule has 2 heterocycles. The minimum Gasteiger partial charge on any atom is -0.356 e. The van der Waals surface area contributed by atoms with Crippen molar-refractivity contribution >= 4 is 34.8 Å².